The van der Waals surface area contributed by atoms with Gasteiger partial charge in [-0.15, -0.1) is 17.9 Å². The maximum atomic E-state index is 11.6. The zero-order valence-electron chi connectivity index (χ0n) is 10.4. The molecule has 1 heterocycles. The van der Waals surface area contributed by atoms with Crippen LogP contribution in [0.2, 0.25) is 0 Å². The Bertz CT molecular complexity index is 368. The first-order valence-corrected chi connectivity index (χ1v) is 6.30. The molecule has 17 heavy (non-hydrogen) atoms. The van der Waals surface area contributed by atoms with Crippen molar-refractivity contribution in [2.24, 2.45) is 0 Å². The van der Waals surface area contributed by atoms with Crippen molar-refractivity contribution in [2.75, 3.05) is 0 Å². The number of ether oxygens (including phenoxy) is 1. The smallest absolute Gasteiger partial charge is 0.408 e. The number of amides is 1. The summed E-state index contributed by atoms with van der Waals surface area (Å²) in [5, 5.41) is 5.53. The van der Waals surface area contributed by atoms with E-state index in [9.17, 15) is 4.79 Å². The monoisotopic (exact) mass is 254 g/mol. The Morgan fingerprint density at radius 3 is 2.88 bits per heavy atom. The summed E-state index contributed by atoms with van der Waals surface area (Å²) in [6.45, 7) is 9.17. The van der Waals surface area contributed by atoms with Crippen LogP contribution in [0.15, 0.2) is 24.2 Å². The fourth-order valence-electron chi connectivity index (χ4n) is 1.24. The number of hydrogen-bond acceptors (Lipinski definition) is 4. The molecule has 5 heteroatoms. The average molecular weight is 254 g/mol. The lowest BCUT2D eigenvalue weighted by Gasteiger charge is -2.22. The average Bonchev–Trinajstić information content (AvgIpc) is 2.66. The van der Waals surface area contributed by atoms with Gasteiger partial charge in [0.15, 0.2) is 0 Å². The van der Waals surface area contributed by atoms with Gasteiger partial charge in [0.1, 0.15) is 10.6 Å². The van der Waals surface area contributed by atoms with Gasteiger partial charge in [0.05, 0.1) is 6.04 Å². The summed E-state index contributed by atoms with van der Waals surface area (Å²) in [4.78, 5) is 15.8. The molecule has 0 aliphatic carbocycles. The van der Waals surface area contributed by atoms with E-state index >= 15 is 0 Å². The topological polar surface area (TPSA) is 51.2 Å². The first-order valence-electron chi connectivity index (χ1n) is 5.42. The highest BCUT2D eigenvalue weighted by molar-refractivity contribution is 7.09. The van der Waals surface area contributed by atoms with Crippen molar-refractivity contribution in [3.63, 3.8) is 0 Å². The predicted octanol–water partition coefficient (Wildman–Crippen LogP) is 3.29. The van der Waals surface area contributed by atoms with Gasteiger partial charge < -0.3 is 10.1 Å². The molecule has 0 aliphatic rings. The summed E-state index contributed by atoms with van der Waals surface area (Å²) in [6.07, 6.45) is 3.67. The summed E-state index contributed by atoms with van der Waals surface area (Å²) >= 11 is 1.50. The van der Waals surface area contributed by atoms with Crippen LogP contribution in [0.1, 0.15) is 38.2 Å². The molecule has 1 atom stereocenters. The molecular weight excluding hydrogens is 236 g/mol. The Hall–Kier alpha value is -1.36. The zero-order valence-corrected chi connectivity index (χ0v) is 11.2. The van der Waals surface area contributed by atoms with Gasteiger partial charge in [0.25, 0.3) is 0 Å². The molecule has 1 rings (SSSR count). The fraction of sp³-hybridized carbons (Fsp3) is 0.500. The van der Waals surface area contributed by atoms with Crippen molar-refractivity contribution in [3.05, 3.63) is 29.2 Å². The molecule has 4 nitrogen and oxygen atoms in total. The van der Waals surface area contributed by atoms with Crippen molar-refractivity contribution in [3.8, 4) is 0 Å². The molecule has 1 N–H and O–H groups in total. The van der Waals surface area contributed by atoms with E-state index < -0.39 is 11.7 Å². The van der Waals surface area contributed by atoms with Gasteiger partial charge >= 0.3 is 6.09 Å². The van der Waals surface area contributed by atoms with Crippen LogP contribution in [0.3, 0.4) is 0 Å². The van der Waals surface area contributed by atoms with Gasteiger partial charge in [-0.3, -0.25) is 0 Å². The molecule has 94 valence electrons. The van der Waals surface area contributed by atoms with Crippen molar-refractivity contribution >= 4 is 17.4 Å². The zero-order chi connectivity index (χ0) is 12.9. The van der Waals surface area contributed by atoms with Crippen LogP contribution >= 0.6 is 11.3 Å². The molecule has 0 spiro atoms. The molecular formula is C12H18N2O2S. The minimum absolute atomic E-state index is 0.164. The second kappa shape index (κ2) is 5.82. The quantitative estimate of drug-likeness (QED) is 0.839. The van der Waals surface area contributed by atoms with Gasteiger partial charge in [0.2, 0.25) is 0 Å². The Balaban J connectivity index is 2.62. The predicted molar refractivity (Wildman–Crippen MR) is 69.0 cm³/mol. The molecule has 0 bridgehead atoms. The summed E-state index contributed by atoms with van der Waals surface area (Å²) < 4.78 is 5.21. The number of hydrogen-bond donors (Lipinski definition) is 1. The van der Waals surface area contributed by atoms with Gasteiger partial charge in [-0.25, -0.2) is 9.78 Å². The lowest BCUT2D eigenvalue weighted by Crippen LogP contribution is -2.34. The molecule has 1 amide bonds. The van der Waals surface area contributed by atoms with E-state index in [0.29, 0.717) is 6.42 Å². The van der Waals surface area contributed by atoms with Gasteiger partial charge in [-0.2, -0.15) is 0 Å². The number of nitrogens with zero attached hydrogens (tertiary/aromatic N) is 1. The maximum Gasteiger partial charge on any atom is 0.408 e. The number of thiazole rings is 1. The van der Waals surface area contributed by atoms with E-state index in [1.165, 1.54) is 11.3 Å². The van der Waals surface area contributed by atoms with E-state index in [0.717, 1.165) is 5.01 Å². The second-order valence-electron chi connectivity index (χ2n) is 4.59. The van der Waals surface area contributed by atoms with Crippen LogP contribution in [-0.4, -0.2) is 16.7 Å². The van der Waals surface area contributed by atoms with Gasteiger partial charge in [-0.1, -0.05) is 6.08 Å². The Morgan fingerprint density at radius 1 is 1.71 bits per heavy atom. The standard InChI is InChI=1S/C12H18N2O2S/c1-5-6-9(10-13-7-8-17-10)14-11(15)16-12(2,3)4/h5,7-9H,1,6H2,2-4H3,(H,14,15). The molecule has 1 aromatic rings. The Labute approximate surface area is 106 Å². The molecule has 0 radical (unpaired) electrons. The van der Waals surface area contributed by atoms with Crippen molar-refractivity contribution in [1.82, 2.24) is 10.3 Å². The minimum Gasteiger partial charge on any atom is -0.444 e. The highest BCUT2D eigenvalue weighted by Gasteiger charge is 2.20. The third kappa shape index (κ3) is 4.99. The number of rotatable bonds is 4. The molecule has 0 saturated heterocycles. The van der Waals surface area contributed by atoms with Crippen LogP contribution in [0.4, 0.5) is 4.79 Å². The molecule has 1 aromatic heterocycles. The van der Waals surface area contributed by atoms with Crippen LogP contribution < -0.4 is 5.32 Å². The first-order chi connectivity index (χ1) is 7.92. The normalized spacial score (nSPS) is 12.9. The largest absolute Gasteiger partial charge is 0.444 e. The van der Waals surface area contributed by atoms with Crippen LogP contribution in [0.25, 0.3) is 0 Å². The molecule has 0 saturated carbocycles. The maximum absolute atomic E-state index is 11.6. The fourth-order valence-corrected chi connectivity index (χ4v) is 1.95. The Morgan fingerprint density at radius 2 is 2.41 bits per heavy atom. The van der Waals surface area contributed by atoms with E-state index in [4.69, 9.17) is 4.74 Å². The number of carbonyl (C=O) groups is 1. The summed E-state index contributed by atoms with van der Waals surface area (Å²) in [5.74, 6) is 0. The second-order valence-corrected chi connectivity index (χ2v) is 5.52. The number of carbonyl (C=O) groups excluding carboxylic acids is 1. The van der Waals surface area contributed by atoms with E-state index in [2.05, 4.69) is 16.9 Å². The first kappa shape index (κ1) is 13.7. The lowest BCUT2D eigenvalue weighted by molar-refractivity contribution is 0.0504. The van der Waals surface area contributed by atoms with Crippen LogP contribution in [0.5, 0.6) is 0 Å². The van der Waals surface area contributed by atoms with Crippen molar-refractivity contribution in [1.29, 1.82) is 0 Å². The summed E-state index contributed by atoms with van der Waals surface area (Å²) in [6, 6.07) is -0.164. The van der Waals surface area contributed by atoms with E-state index in [1.807, 2.05) is 26.2 Å². The van der Waals surface area contributed by atoms with E-state index in [-0.39, 0.29) is 6.04 Å². The van der Waals surface area contributed by atoms with Gasteiger partial charge in [0, 0.05) is 11.6 Å². The van der Waals surface area contributed by atoms with Crippen molar-refractivity contribution in [2.45, 2.75) is 38.8 Å². The van der Waals surface area contributed by atoms with E-state index in [1.54, 1.807) is 12.3 Å². The van der Waals surface area contributed by atoms with Crippen LogP contribution in [0, 0.1) is 0 Å². The lowest BCUT2D eigenvalue weighted by atomic mass is 10.2. The van der Waals surface area contributed by atoms with Gasteiger partial charge in [-0.05, 0) is 27.2 Å². The number of nitrogens with one attached hydrogen (secondary N) is 1. The SMILES string of the molecule is C=CCC(NC(=O)OC(C)(C)C)c1nccs1. The molecule has 0 aromatic carbocycles. The number of aromatic nitrogens is 1. The molecule has 0 fully saturated rings. The highest BCUT2D eigenvalue weighted by atomic mass is 32.1. The molecule has 1 unspecified atom stereocenters. The molecule has 0 aliphatic heterocycles. The minimum atomic E-state index is -0.494. The summed E-state index contributed by atoms with van der Waals surface area (Å²) in [7, 11) is 0. The Kier molecular flexibility index (Phi) is 4.69. The summed E-state index contributed by atoms with van der Waals surface area (Å²) in [5.41, 5.74) is -0.494. The van der Waals surface area contributed by atoms with Crippen molar-refractivity contribution < 1.29 is 9.53 Å². The third-order valence-electron chi connectivity index (χ3n) is 1.84. The number of alkyl carbamates (subject to hydrolysis) is 1. The third-order valence-corrected chi connectivity index (χ3v) is 2.73. The highest BCUT2D eigenvalue weighted by Crippen LogP contribution is 2.20. The van der Waals surface area contributed by atoms with Crippen LogP contribution in [-0.2, 0) is 4.74 Å².